The normalized spacial score (nSPS) is 14.1. The zero-order valence-electron chi connectivity index (χ0n) is 12.7. The Morgan fingerprint density at radius 3 is 2.33 bits per heavy atom. The summed E-state index contributed by atoms with van der Waals surface area (Å²) in [5.74, 6) is -1.74. The second-order valence-electron chi connectivity index (χ2n) is 5.81. The van der Waals surface area contributed by atoms with Crippen molar-refractivity contribution in [3.05, 3.63) is 29.8 Å². The van der Waals surface area contributed by atoms with Crippen molar-refractivity contribution in [1.82, 2.24) is 0 Å². The van der Waals surface area contributed by atoms with E-state index in [1.165, 1.54) is 12.1 Å². The van der Waals surface area contributed by atoms with Crippen LogP contribution in [0.2, 0.25) is 0 Å². The number of phenols is 1. The number of methoxy groups -OCH3 is 1. The molecule has 0 saturated heterocycles. The summed E-state index contributed by atoms with van der Waals surface area (Å²) in [4.78, 5) is 24.2. The quantitative estimate of drug-likeness (QED) is 0.638. The standard InChI is InChI=1S/C15H21NO5/c1-14(2,3)21-13(19)15(16,12(18)20-4)9-10-6-5-7-11(17)8-10/h5-8,17H,9,16H2,1-4H3/t15-/m0/s1. The van der Waals surface area contributed by atoms with Gasteiger partial charge in [0.1, 0.15) is 11.4 Å². The second kappa shape index (κ2) is 6.13. The van der Waals surface area contributed by atoms with Gasteiger partial charge in [0.2, 0.25) is 5.54 Å². The fourth-order valence-corrected chi connectivity index (χ4v) is 1.77. The van der Waals surface area contributed by atoms with Gasteiger partial charge in [-0.15, -0.1) is 0 Å². The van der Waals surface area contributed by atoms with Crippen LogP contribution in [-0.2, 0) is 25.5 Å². The number of benzene rings is 1. The van der Waals surface area contributed by atoms with Gasteiger partial charge in [0.15, 0.2) is 0 Å². The van der Waals surface area contributed by atoms with E-state index in [4.69, 9.17) is 10.5 Å². The molecule has 116 valence electrons. The van der Waals surface area contributed by atoms with Crippen LogP contribution in [0.15, 0.2) is 24.3 Å². The van der Waals surface area contributed by atoms with E-state index in [1.807, 2.05) is 0 Å². The lowest BCUT2D eigenvalue weighted by atomic mass is 9.91. The van der Waals surface area contributed by atoms with E-state index in [2.05, 4.69) is 4.74 Å². The lowest BCUT2D eigenvalue weighted by Crippen LogP contribution is -2.59. The minimum atomic E-state index is -1.96. The van der Waals surface area contributed by atoms with Crippen LogP contribution in [0.4, 0.5) is 0 Å². The molecule has 1 aromatic rings. The molecule has 0 aromatic heterocycles. The Morgan fingerprint density at radius 1 is 1.24 bits per heavy atom. The average molecular weight is 295 g/mol. The average Bonchev–Trinajstić information content (AvgIpc) is 2.35. The van der Waals surface area contributed by atoms with Crippen LogP contribution in [0.1, 0.15) is 26.3 Å². The number of ether oxygens (including phenoxy) is 2. The van der Waals surface area contributed by atoms with Crippen molar-refractivity contribution in [2.45, 2.75) is 38.3 Å². The van der Waals surface area contributed by atoms with Gasteiger partial charge in [-0.05, 0) is 38.5 Å². The van der Waals surface area contributed by atoms with Gasteiger partial charge >= 0.3 is 11.9 Å². The van der Waals surface area contributed by atoms with E-state index in [-0.39, 0.29) is 12.2 Å². The molecule has 0 amide bonds. The van der Waals surface area contributed by atoms with Gasteiger partial charge in [-0.3, -0.25) is 0 Å². The van der Waals surface area contributed by atoms with Gasteiger partial charge < -0.3 is 20.3 Å². The van der Waals surface area contributed by atoms with E-state index >= 15 is 0 Å². The first-order valence-electron chi connectivity index (χ1n) is 6.47. The first-order chi connectivity index (χ1) is 9.58. The molecule has 0 bridgehead atoms. The van der Waals surface area contributed by atoms with Gasteiger partial charge in [-0.25, -0.2) is 9.59 Å². The highest BCUT2D eigenvalue weighted by Gasteiger charge is 2.46. The summed E-state index contributed by atoms with van der Waals surface area (Å²) in [5, 5.41) is 9.46. The number of esters is 2. The molecule has 6 heteroatoms. The molecule has 0 fully saturated rings. The first kappa shape index (κ1) is 17.0. The molecule has 0 aliphatic carbocycles. The van der Waals surface area contributed by atoms with Gasteiger partial charge in [0.05, 0.1) is 7.11 Å². The molecule has 0 spiro atoms. The number of hydrogen-bond acceptors (Lipinski definition) is 6. The molecule has 1 aromatic carbocycles. The third-order valence-corrected chi connectivity index (χ3v) is 2.71. The molecule has 0 aliphatic rings. The number of hydrogen-bond donors (Lipinski definition) is 2. The lowest BCUT2D eigenvalue weighted by molar-refractivity contribution is -0.170. The highest BCUT2D eigenvalue weighted by molar-refractivity contribution is 6.05. The Kier molecular flexibility index (Phi) is 4.96. The van der Waals surface area contributed by atoms with E-state index in [1.54, 1.807) is 32.9 Å². The molecule has 0 heterocycles. The molecule has 1 rings (SSSR count). The minimum absolute atomic E-state index is 0.0175. The summed E-state index contributed by atoms with van der Waals surface area (Å²) in [7, 11) is 1.15. The number of phenolic OH excluding ortho intramolecular Hbond substituents is 1. The molecule has 0 aliphatic heterocycles. The van der Waals surface area contributed by atoms with Crippen molar-refractivity contribution >= 4 is 11.9 Å². The largest absolute Gasteiger partial charge is 0.508 e. The predicted molar refractivity (Wildman–Crippen MR) is 76.6 cm³/mol. The Hall–Kier alpha value is -2.08. The second-order valence-corrected chi connectivity index (χ2v) is 5.81. The smallest absolute Gasteiger partial charge is 0.338 e. The van der Waals surface area contributed by atoms with E-state index in [0.717, 1.165) is 7.11 Å². The number of carbonyl (C=O) groups excluding carboxylic acids is 2. The monoisotopic (exact) mass is 295 g/mol. The Morgan fingerprint density at radius 2 is 1.86 bits per heavy atom. The van der Waals surface area contributed by atoms with Crippen LogP contribution < -0.4 is 5.73 Å². The number of aromatic hydroxyl groups is 1. The molecule has 0 radical (unpaired) electrons. The SMILES string of the molecule is COC(=O)[C@@](N)(Cc1cccc(O)c1)C(=O)OC(C)(C)C. The van der Waals surface area contributed by atoms with E-state index < -0.39 is 23.1 Å². The lowest BCUT2D eigenvalue weighted by Gasteiger charge is -2.29. The molecular weight excluding hydrogens is 274 g/mol. The first-order valence-corrected chi connectivity index (χ1v) is 6.47. The van der Waals surface area contributed by atoms with Crippen molar-refractivity contribution in [3.63, 3.8) is 0 Å². The molecule has 6 nitrogen and oxygen atoms in total. The molecule has 0 saturated carbocycles. The third kappa shape index (κ3) is 4.46. The predicted octanol–water partition coefficient (Wildman–Crippen LogP) is 1.15. The van der Waals surface area contributed by atoms with Gasteiger partial charge in [-0.2, -0.15) is 0 Å². The molecular formula is C15H21NO5. The van der Waals surface area contributed by atoms with Crippen LogP contribution in [0.25, 0.3) is 0 Å². The van der Waals surface area contributed by atoms with Gasteiger partial charge in [0, 0.05) is 6.42 Å². The summed E-state index contributed by atoms with van der Waals surface area (Å²) in [6, 6.07) is 6.15. The number of rotatable bonds is 4. The highest BCUT2D eigenvalue weighted by atomic mass is 16.6. The molecule has 1 atom stereocenters. The number of carbonyl (C=O) groups is 2. The van der Waals surface area contributed by atoms with Crippen LogP contribution in [0.3, 0.4) is 0 Å². The van der Waals surface area contributed by atoms with Gasteiger partial charge in [0.25, 0.3) is 0 Å². The maximum Gasteiger partial charge on any atom is 0.338 e. The minimum Gasteiger partial charge on any atom is -0.508 e. The van der Waals surface area contributed by atoms with Crippen LogP contribution in [0, 0.1) is 0 Å². The van der Waals surface area contributed by atoms with Crippen molar-refractivity contribution in [1.29, 1.82) is 0 Å². The van der Waals surface area contributed by atoms with E-state index in [0.29, 0.717) is 5.56 Å². The summed E-state index contributed by atoms with van der Waals surface area (Å²) < 4.78 is 9.83. The zero-order chi connectivity index (χ0) is 16.3. The van der Waals surface area contributed by atoms with Crippen molar-refractivity contribution in [2.75, 3.05) is 7.11 Å². The molecule has 0 unspecified atom stereocenters. The summed E-state index contributed by atoms with van der Waals surface area (Å²) in [6.07, 6.45) is -0.136. The van der Waals surface area contributed by atoms with Crippen molar-refractivity contribution in [3.8, 4) is 5.75 Å². The van der Waals surface area contributed by atoms with Crippen LogP contribution >= 0.6 is 0 Å². The van der Waals surface area contributed by atoms with Gasteiger partial charge in [-0.1, -0.05) is 12.1 Å². The molecule has 21 heavy (non-hydrogen) atoms. The summed E-state index contributed by atoms with van der Waals surface area (Å²) in [6.45, 7) is 5.03. The maximum absolute atomic E-state index is 12.3. The highest BCUT2D eigenvalue weighted by Crippen LogP contribution is 2.21. The Labute approximate surface area is 123 Å². The summed E-state index contributed by atoms with van der Waals surface area (Å²) >= 11 is 0. The summed E-state index contributed by atoms with van der Waals surface area (Å²) in [5.41, 5.74) is 3.73. The van der Waals surface area contributed by atoms with Crippen LogP contribution in [0.5, 0.6) is 5.75 Å². The Balaban J connectivity index is 3.09. The molecule has 3 N–H and O–H groups in total. The third-order valence-electron chi connectivity index (χ3n) is 2.71. The Bertz CT molecular complexity index is 535. The van der Waals surface area contributed by atoms with Crippen molar-refractivity contribution in [2.24, 2.45) is 5.73 Å². The van der Waals surface area contributed by atoms with E-state index in [9.17, 15) is 14.7 Å². The van der Waals surface area contributed by atoms with Crippen LogP contribution in [-0.4, -0.2) is 35.3 Å². The maximum atomic E-state index is 12.3. The fraction of sp³-hybridized carbons (Fsp3) is 0.467. The zero-order valence-corrected chi connectivity index (χ0v) is 12.7. The number of nitrogens with two attached hydrogens (primary N) is 1. The van der Waals surface area contributed by atoms with Crippen molar-refractivity contribution < 1.29 is 24.2 Å². The topological polar surface area (TPSA) is 98.9 Å². The fourth-order valence-electron chi connectivity index (χ4n) is 1.77.